The van der Waals surface area contributed by atoms with Crippen LogP contribution in [0.25, 0.3) is 0 Å². The molecule has 2 atom stereocenters. The summed E-state index contributed by atoms with van der Waals surface area (Å²) < 4.78 is 10.9. The molecule has 0 aromatic heterocycles. The van der Waals surface area contributed by atoms with E-state index >= 15 is 0 Å². The van der Waals surface area contributed by atoms with Gasteiger partial charge in [0.05, 0.1) is 0 Å². The predicted octanol–water partition coefficient (Wildman–Crippen LogP) is 3.86. The molecule has 1 aliphatic carbocycles. The van der Waals surface area contributed by atoms with E-state index in [1.54, 1.807) is 0 Å². The SMILES string of the molecule is CN[C@H]1C[C@@H](c2cc3c(cc2Cl)OCO3)c2ccccc21. The zero-order chi connectivity index (χ0) is 14.4. The molecule has 2 aromatic rings. The summed E-state index contributed by atoms with van der Waals surface area (Å²) in [4.78, 5) is 0. The number of hydrogen-bond acceptors (Lipinski definition) is 3. The first-order valence-corrected chi connectivity index (χ1v) is 7.51. The standard InChI is InChI=1S/C17H16ClNO2/c1-19-15-6-12(10-4-2-3-5-11(10)15)13-7-16-17(8-14(13)18)21-9-20-16/h2-5,7-8,12,15,19H,6,9H2,1H3/t12-,15+/m1/s1. The molecular formula is C17H16ClNO2. The van der Waals surface area contributed by atoms with Gasteiger partial charge < -0.3 is 14.8 Å². The Morgan fingerprint density at radius 1 is 1.05 bits per heavy atom. The topological polar surface area (TPSA) is 30.5 Å². The number of benzene rings is 2. The molecule has 1 aliphatic heterocycles. The molecule has 1 heterocycles. The van der Waals surface area contributed by atoms with Gasteiger partial charge in [0.15, 0.2) is 11.5 Å². The van der Waals surface area contributed by atoms with Crippen LogP contribution < -0.4 is 14.8 Å². The lowest BCUT2D eigenvalue weighted by Gasteiger charge is -2.15. The predicted molar refractivity (Wildman–Crippen MR) is 82.3 cm³/mol. The van der Waals surface area contributed by atoms with Gasteiger partial charge in [0.2, 0.25) is 6.79 Å². The molecule has 2 aliphatic rings. The molecule has 3 nitrogen and oxygen atoms in total. The second kappa shape index (κ2) is 4.93. The second-order valence-electron chi connectivity index (χ2n) is 5.49. The number of hydrogen-bond donors (Lipinski definition) is 1. The number of halogens is 1. The van der Waals surface area contributed by atoms with Crippen molar-refractivity contribution in [2.45, 2.75) is 18.4 Å². The van der Waals surface area contributed by atoms with Gasteiger partial charge in [0.1, 0.15) is 0 Å². The summed E-state index contributed by atoms with van der Waals surface area (Å²) in [7, 11) is 2.01. The number of ether oxygens (including phenoxy) is 2. The molecule has 0 saturated heterocycles. The Kier molecular flexibility index (Phi) is 3.05. The van der Waals surface area contributed by atoms with Gasteiger partial charge in [-0.05, 0) is 36.2 Å². The zero-order valence-electron chi connectivity index (χ0n) is 11.7. The van der Waals surface area contributed by atoms with Crippen molar-refractivity contribution >= 4 is 11.6 Å². The van der Waals surface area contributed by atoms with Crippen molar-refractivity contribution in [1.82, 2.24) is 5.32 Å². The lowest BCUT2D eigenvalue weighted by atomic mass is 9.92. The first kappa shape index (κ1) is 13.0. The molecule has 2 aromatic carbocycles. The van der Waals surface area contributed by atoms with Crippen molar-refractivity contribution in [3.8, 4) is 11.5 Å². The summed E-state index contributed by atoms with van der Waals surface area (Å²) in [6, 6.07) is 12.8. The van der Waals surface area contributed by atoms with Crippen LogP contribution in [0.4, 0.5) is 0 Å². The fourth-order valence-corrected chi connectivity index (χ4v) is 3.69. The molecule has 0 saturated carbocycles. The lowest BCUT2D eigenvalue weighted by molar-refractivity contribution is 0.174. The minimum Gasteiger partial charge on any atom is -0.454 e. The highest BCUT2D eigenvalue weighted by atomic mass is 35.5. The Labute approximate surface area is 128 Å². The average molecular weight is 302 g/mol. The fraction of sp³-hybridized carbons (Fsp3) is 0.294. The normalized spacial score (nSPS) is 22.4. The van der Waals surface area contributed by atoms with Gasteiger partial charge in [0, 0.05) is 23.0 Å². The van der Waals surface area contributed by atoms with E-state index in [-0.39, 0.29) is 6.79 Å². The van der Waals surface area contributed by atoms with Crippen LogP contribution in [0.5, 0.6) is 11.5 Å². The highest BCUT2D eigenvalue weighted by Crippen LogP contribution is 2.48. The largest absolute Gasteiger partial charge is 0.454 e. The van der Waals surface area contributed by atoms with E-state index in [0.29, 0.717) is 12.0 Å². The van der Waals surface area contributed by atoms with E-state index in [9.17, 15) is 0 Å². The molecule has 4 heteroatoms. The lowest BCUT2D eigenvalue weighted by Crippen LogP contribution is -2.13. The average Bonchev–Trinajstić information content (AvgIpc) is 3.09. The molecular weight excluding hydrogens is 286 g/mol. The molecule has 1 N–H and O–H groups in total. The molecule has 0 spiro atoms. The van der Waals surface area contributed by atoms with Crippen LogP contribution >= 0.6 is 11.6 Å². The summed E-state index contributed by atoms with van der Waals surface area (Å²) in [5.74, 6) is 1.82. The Balaban J connectivity index is 1.81. The van der Waals surface area contributed by atoms with Gasteiger partial charge in [-0.1, -0.05) is 35.9 Å². The summed E-state index contributed by atoms with van der Waals surface area (Å²) in [6.45, 7) is 0.273. The minimum atomic E-state index is 0.273. The first-order valence-electron chi connectivity index (χ1n) is 7.13. The smallest absolute Gasteiger partial charge is 0.231 e. The van der Waals surface area contributed by atoms with Gasteiger partial charge in [-0.3, -0.25) is 0 Å². The van der Waals surface area contributed by atoms with Crippen LogP contribution in [0.1, 0.15) is 35.1 Å². The van der Waals surface area contributed by atoms with Crippen molar-refractivity contribution in [1.29, 1.82) is 0 Å². The monoisotopic (exact) mass is 301 g/mol. The minimum absolute atomic E-state index is 0.273. The van der Waals surface area contributed by atoms with E-state index < -0.39 is 0 Å². The van der Waals surface area contributed by atoms with Gasteiger partial charge in [0.25, 0.3) is 0 Å². The number of fused-ring (bicyclic) bond motifs is 2. The van der Waals surface area contributed by atoms with Crippen LogP contribution in [0, 0.1) is 0 Å². The molecule has 0 fully saturated rings. The summed E-state index contributed by atoms with van der Waals surface area (Å²) in [6.07, 6.45) is 1.01. The van der Waals surface area contributed by atoms with Crippen molar-refractivity contribution in [2.24, 2.45) is 0 Å². The van der Waals surface area contributed by atoms with E-state index in [1.807, 2.05) is 19.2 Å². The van der Waals surface area contributed by atoms with Gasteiger partial charge >= 0.3 is 0 Å². The molecule has 108 valence electrons. The Hall–Kier alpha value is -1.71. The van der Waals surface area contributed by atoms with Crippen molar-refractivity contribution in [3.63, 3.8) is 0 Å². The van der Waals surface area contributed by atoms with Gasteiger partial charge in [-0.15, -0.1) is 0 Å². The van der Waals surface area contributed by atoms with Gasteiger partial charge in [-0.2, -0.15) is 0 Å². The fourth-order valence-electron chi connectivity index (χ4n) is 3.40. The third-order valence-electron chi connectivity index (χ3n) is 4.43. The molecule has 0 bridgehead atoms. The molecule has 0 unspecified atom stereocenters. The summed E-state index contributed by atoms with van der Waals surface area (Å²) >= 11 is 6.49. The Morgan fingerprint density at radius 3 is 2.52 bits per heavy atom. The van der Waals surface area contributed by atoms with E-state index in [1.165, 1.54) is 11.1 Å². The van der Waals surface area contributed by atoms with Crippen LogP contribution in [-0.2, 0) is 0 Å². The third kappa shape index (κ3) is 2.00. The van der Waals surface area contributed by atoms with Crippen LogP contribution in [-0.4, -0.2) is 13.8 Å². The molecule has 4 rings (SSSR count). The van der Waals surface area contributed by atoms with Crippen molar-refractivity contribution in [2.75, 3.05) is 13.8 Å². The first-order chi connectivity index (χ1) is 10.3. The number of rotatable bonds is 2. The van der Waals surface area contributed by atoms with Crippen LogP contribution in [0.15, 0.2) is 36.4 Å². The van der Waals surface area contributed by atoms with E-state index in [0.717, 1.165) is 28.5 Å². The molecule has 21 heavy (non-hydrogen) atoms. The van der Waals surface area contributed by atoms with Crippen molar-refractivity contribution < 1.29 is 9.47 Å². The Morgan fingerprint density at radius 2 is 1.76 bits per heavy atom. The maximum atomic E-state index is 6.49. The molecule has 0 amide bonds. The third-order valence-corrected chi connectivity index (χ3v) is 4.76. The Bertz CT molecular complexity index is 701. The van der Waals surface area contributed by atoms with E-state index in [4.69, 9.17) is 21.1 Å². The maximum Gasteiger partial charge on any atom is 0.231 e. The van der Waals surface area contributed by atoms with Crippen LogP contribution in [0.3, 0.4) is 0 Å². The highest BCUT2D eigenvalue weighted by molar-refractivity contribution is 6.31. The number of nitrogens with one attached hydrogen (secondary N) is 1. The summed E-state index contributed by atoms with van der Waals surface area (Å²) in [5, 5.41) is 4.14. The van der Waals surface area contributed by atoms with E-state index in [2.05, 4.69) is 29.6 Å². The molecule has 0 radical (unpaired) electrons. The second-order valence-corrected chi connectivity index (χ2v) is 5.89. The van der Waals surface area contributed by atoms with Crippen molar-refractivity contribution in [3.05, 3.63) is 58.1 Å². The van der Waals surface area contributed by atoms with Crippen LogP contribution in [0.2, 0.25) is 5.02 Å². The highest BCUT2D eigenvalue weighted by Gasteiger charge is 2.33. The summed E-state index contributed by atoms with van der Waals surface area (Å²) in [5.41, 5.74) is 3.82. The van der Waals surface area contributed by atoms with Gasteiger partial charge in [-0.25, -0.2) is 0 Å². The quantitative estimate of drug-likeness (QED) is 0.913. The zero-order valence-corrected chi connectivity index (χ0v) is 12.5. The maximum absolute atomic E-state index is 6.49.